The van der Waals surface area contributed by atoms with E-state index in [0.29, 0.717) is 4.90 Å². The Morgan fingerprint density at radius 1 is 0.889 bits per heavy atom. The van der Waals surface area contributed by atoms with Crippen molar-refractivity contribution >= 4 is 15.7 Å². The third-order valence-electron chi connectivity index (χ3n) is 5.51. The van der Waals surface area contributed by atoms with Gasteiger partial charge in [0.1, 0.15) is 4.90 Å². The lowest BCUT2D eigenvalue weighted by molar-refractivity contribution is 0.213. The summed E-state index contributed by atoms with van der Waals surface area (Å²) < 4.78 is 27.9. The molecule has 1 unspecified atom stereocenters. The minimum Gasteiger partial charge on any atom is -0.359 e. The zero-order chi connectivity index (χ0) is 18.4. The Morgan fingerprint density at radius 2 is 1.67 bits per heavy atom. The van der Waals surface area contributed by atoms with Crippen LogP contribution in [0, 0.1) is 0 Å². The molecule has 0 bridgehead atoms. The van der Waals surface area contributed by atoms with Crippen molar-refractivity contribution in [2.75, 3.05) is 24.5 Å². The molecule has 1 saturated heterocycles. The summed E-state index contributed by atoms with van der Waals surface area (Å²) in [7, 11) is -3.57. The van der Waals surface area contributed by atoms with Crippen LogP contribution in [0.4, 0.5) is 5.69 Å². The predicted octanol–water partition coefficient (Wildman–Crippen LogP) is 3.10. The summed E-state index contributed by atoms with van der Waals surface area (Å²) in [6, 6.07) is 21.6. The summed E-state index contributed by atoms with van der Waals surface area (Å²) in [5.74, 6) is 0. The van der Waals surface area contributed by atoms with Gasteiger partial charge in [-0.2, -0.15) is 0 Å². The lowest BCUT2D eigenvalue weighted by Gasteiger charge is -2.42. The topological polar surface area (TPSA) is 45.6 Å². The quantitative estimate of drug-likeness (QED) is 0.686. The van der Waals surface area contributed by atoms with Crippen LogP contribution in [0.15, 0.2) is 77.8 Å². The molecule has 1 aromatic heterocycles. The van der Waals surface area contributed by atoms with E-state index in [2.05, 4.69) is 34.1 Å². The molecule has 3 heterocycles. The molecule has 0 amide bonds. The molecular formula is C21H21N3O2S. The van der Waals surface area contributed by atoms with Crippen LogP contribution in [0.2, 0.25) is 0 Å². The molecule has 6 heteroatoms. The Balaban J connectivity index is 1.57. The van der Waals surface area contributed by atoms with Crippen LogP contribution < -0.4 is 4.90 Å². The summed E-state index contributed by atoms with van der Waals surface area (Å²) in [4.78, 5) is 5.06. The van der Waals surface area contributed by atoms with Crippen molar-refractivity contribution in [2.45, 2.75) is 17.5 Å². The third-order valence-corrected chi connectivity index (χ3v) is 7.26. The average molecular weight is 379 g/mol. The summed E-state index contributed by atoms with van der Waals surface area (Å²) in [6.45, 7) is 3.37. The number of aromatic nitrogens is 1. The lowest BCUT2D eigenvalue weighted by atomic mass is 10.1. The van der Waals surface area contributed by atoms with Gasteiger partial charge in [-0.15, -0.1) is 0 Å². The van der Waals surface area contributed by atoms with Crippen molar-refractivity contribution in [3.8, 4) is 0 Å². The van der Waals surface area contributed by atoms with Gasteiger partial charge in [-0.25, -0.2) is 12.4 Å². The first-order valence-corrected chi connectivity index (χ1v) is 10.6. The SMILES string of the molecule is O=S1(=O)c2ccccc2N2CCN(Cc3ccccc3)CC2c2cccn21. The van der Waals surface area contributed by atoms with Gasteiger partial charge < -0.3 is 4.90 Å². The molecule has 5 rings (SSSR count). The second-order valence-corrected chi connectivity index (χ2v) is 8.91. The van der Waals surface area contributed by atoms with Crippen molar-refractivity contribution in [1.82, 2.24) is 8.87 Å². The molecule has 2 aromatic carbocycles. The number of fused-ring (bicyclic) bond motifs is 5. The van der Waals surface area contributed by atoms with Crippen LogP contribution in [0.3, 0.4) is 0 Å². The number of nitrogens with zero attached hydrogens (tertiary/aromatic N) is 3. The smallest absolute Gasteiger partial charge is 0.269 e. The third kappa shape index (κ3) is 2.67. The highest BCUT2D eigenvalue weighted by Gasteiger charge is 2.38. The summed E-state index contributed by atoms with van der Waals surface area (Å²) >= 11 is 0. The van der Waals surface area contributed by atoms with Crippen LogP contribution in [0.25, 0.3) is 0 Å². The Hall–Kier alpha value is -2.57. The summed E-state index contributed by atoms with van der Waals surface area (Å²) in [6.07, 6.45) is 1.67. The molecule has 0 N–H and O–H groups in total. The normalized spacial score (nSPS) is 21.0. The first-order valence-electron chi connectivity index (χ1n) is 9.19. The van der Waals surface area contributed by atoms with Crippen molar-refractivity contribution in [3.63, 3.8) is 0 Å². The standard InChI is InChI=1S/C21H21N3O2S/c25-27(26)21-11-5-4-9-19(21)23-14-13-22(15-17-7-2-1-3-8-17)16-20(23)18-10-6-12-24(18)27/h1-12,20H,13-16H2. The van der Waals surface area contributed by atoms with Gasteiger partial charge in [0.2, 0.25) is 0 Å². The first kappa shape index (κ1) is 16.6. The molecule has 27 heavy (non-hydrogen) atoms. The number of hydrogen-bond donors (Lipinski definition) is 0. The molecule has 1 fully saturated rings. The van der Waals surface area contributed by atoms with Crippen molar-refractivity contribution in [1.29, 1.82) is 0 Å². The Labute approximate surface area is 159 Å². The van der Waals surface area contributed by atoms with Crippen LogP contribution in [-0.2, 0) is 16.6 Å². The van der Waals surface area contributed by atoms with Gasteiger partial charge in [0.15, 0.2) is 0 Å². The maximum Gasteiger partial charge on any atom is 0.269 e. The van der Waals surface area contributed by atoms with E-state index in [1.54, 1.807) is 18.3 Å². The van der Waals surface area contributed by atoms with E-state index < -0.39 is 10.0 Å². The minimum absolute atomic E-state index is 0.0101. The van der Waals surface area contributed by atoms with Gasteiger partial charge in [-0.1, -0.05) is 42.5 Å². The van der Waals surface area contributed by atoms with Crippen LogP contribution >= 0.6 is 0 Å². The molecule has 5 nitrogen and oxygen atoms in total. The number of piperazine rings is 1. The monoisotopic (exact) mass is 379 g/mol. The Morgan fingerprint density at radius 3 is 2.52 bits per heavy atom. The van der Waals surface area contributed by atoms with E-state index >= 15 is 0 Å². The molecule has 0 spiro atoms. The van der Waals surface area contributed by atoms with Crippen molar-refractivity contribution < 1.29 is 8.42 Å². The molecular weight excluding hydrogens is 358 g/mol. The molecule has 2 aliphatic rings. The number of rotatable bonds is 2. The van der Waals surface area contributed by atoms with E-state index in [1.165, 1.54) is 9.54 Å². The maximum absolute atomic E-state index is 13.2. The molecule has 0 radical (unpaired) electrons. The van der Waals surface area contributed by atoms with Crippen molar-refractivity contribution in [3.05, 3.63) is 84.2 Å². The van der Waals surface area contributed by atoms with Gasteiger partial charge in [0.25, 0.3) is 10.0 Å². The summed E-state index contributed by atoms with van der Waals surface area (Å²) in [5, 5.41) is 0. The zero-order valence-electron chi connectivity index (χ0n) is 14.9. The fourth-order valence-corrected chi connectivity index (χ4v) is 5.84. The van der Waals surface area contributed by atoms with Gasteiger partial charge in [0.05, 0.1) is 17.4 Å². The van der Waals surface area contributed by atoms with E-state index in [1.807, 2.05) is 30.3 Å². The zero-order valence-corrected chi connectivity index (χ0v) is 15.7. The fourth-order valence-electron chi connectivity index (χ4n) is 4.24. The van der Waals surface area contributed by atoms with Crippen LogP contribution in [0.1, 0.15) is 17.3 Å². The lowest BCUT2D eigenvalue weighted by Crippen LogP contribution is -2.48. The second-order valence-electron chi connectivity index (χ2n) is 7.13. The van der Waals surface area contributed by atoms with E-state index in [0.717, 1.165) is 37.6 Å². The van der Waals surface area contributed by atoms with E-state index in [4.69, 9.17) is 0 Å². The fraction of sp³-hybridized carbons (Fsp3) is 0.238. The number of benzene rings is 2. The van der Waals surface area contributed by atoms with Crippen LogP contribution in [0.5, 0.6) is 0 Å². The van der Waals surface area contributed by atoms with Crippen LogP contribution in [-0.4, -0.2) is 36.9 Å². The average Bonchev–Trinajstić information content (AvgIpc) is 3.17. The number of hydrogen-bond acceptors (Lipinski definition) is 4. The van der Waals surface area contributed by atoms with Gasteiger partial charge in [-0.3, -0.25) is 4.90 Å². The van der Waals surface area contributed by atoms with Gasteiger partial charge >= 0.3 is 0 Å². The van der Waals surface area contributed by atoms with E-state index in [-0.39, 0.29) is 6.04 Å². The van der Waals surface area contributed by atoms with Crippen molar-refractivity contribution in [2.24, 2.45) is 0 Å². The number of anilines is 1. The highest BCUT2D eigenvalue weighted by Crippen LogP contribution is 2.40. The molecule has 1 atom stereocenters. The largest absolute Gasteiger partial charge is 0.359 e. The predicted molar refractivity (Wildman–Crippen MR) is 105 cm³/mol. The molecule has 138 valence electrons. The Kier molecular flexibility index (Phi) is 3.84. The highest BCUT2D eigenvalue weighted by molar-refractivity contribution is 7.90. The highest BCUT2D eigenvalue weighted by atomic mass is 32.2. The molecule has 2 aliphatic heterocycles. The minimum atomic E-state index is -3.57. The molecule has 0 saturated carbocycles. The Bertz CT molecular complexity index is 1080. The van der Waals surface area contributed by atoms with Gasteiger partial charge in [-0.05, 0) is 29.8 Å². The van der Waals surface area contributed by atoms with E-state index in [9.17, 15) is 8.42 Å². The first-order chi connectivity index (χ1) is 13.1. The molecule has 0 aliphatic carbocycles. The maximum atomic E-state index is 13.2. The second kappa shape index (κ2) is 6.25. The summed E-state index contributed by atoms with van der Waals surface area (Å²) in [5.41, 5.74) is 2.93. The van der Waals surface area contributed by atoms with Gasteiger partial charge in [0, 0.05) is 32.4 Å². The molecule has 3 aromatic rings. The number of para-hydroxylation sites is 1.